The third-order valence-corrected chi connectivity index (χ3v) is 1.96. The first-order chi connectivity index (χ1) is 5.70. The number of aliphatic hydroxyl groups is 1. The van der Waals surface area contributed by atoms with Crippen LogP contribution in [0.3, 0.4) is 0 Å². The number of rotatable bonds is 7. The molecule has 0 bridgehead atoms. The van der Waals surface area contributed by atoms with E-state index in [1.807, 2.05) is 0 Å². The van der Waals surface area contributed by atoms with E-state index in [0.717, 1.165) is 32.5 Å². The average molecular weight is 190 g/mol. The van der Waals surface area contributed by atoms with E-state index in [1.165, 1.54) is 0 Å². The van der Waals surface area contributed by atoms with Crippen LogP contribution in [0.4, 0.5) is 0 Å². The molecule has 0 fully saturated rings. The molecule has 0 saturated carbocycles. The van der Waals surface area contributed by atoms with Gasteiger partial charge in [-0.25, -0.2) is 0 Å². The highest BCUT2D eigenvalue weighted by Crippen LogP contribution is 1.93. The largest absolute Gasteiger partial charge is 0.396 e. The first-order valence-electron chi connectivity index (χ1n) is 4.32. The maximum absolute atomic E-state index is 8.61. The molecule has 3 nitrogen and oxygen atoms in total. The summed E-state index contributed by atoms with van der Waals surface area (Å²) in [4.78, 5) is 2.80. The first-order valence-corrected chi connectivity index (χ1v) is 4.73. The zero-order valence-corrected chi connectivity index (χ0v) is 8.44. The molecule has 12 heavy (non-hydrogen) atoms. The van der Waals surface area contributed by atoms with Gasteiger partial charge < -0.3 is 15.7 Å². The lowest BCUT2D eigenvalue weighted by Crippen LogP contribution is -2.28. The Morgan fingerprint density at radius 3 is 2.58 bits per heavy atom. The highest BCUT2D eigenvalue weighted by molar-refractivity contribution is 7.80. The van der Waals surface area contributed by atoms with Gasteiger partial charge in [0.2, 0.25) is 0 Å². The Hall–Kier alpha value is -0.190. The van der Waals surface area contributed by atoms with Gasteiger partial charge in [0.15, 0.2) is 0 Å². The number of hydrogen-bond acceptors (Lipinski definition) is 3. The van der Waals surface area contributed by atoms with Crippen LogP contribution >= 0.6 is 12.2 Å². The van der Waals surface area contributed by atoms with Crippen LogP contribution in [-0.4, -0.2) is 41.2 Å². The van der Waals surface area contributed by atoms with Crippen LogP contribution < -0.4 is 5.73 Å². The van der Waals surface area contributed by atoms with Gasteiger partial charge in [-0.05, 0) is 13.0 Å². The third-order valence-electron chi connectivity index (χ3n) is 1.75. The Bertz CT molecular complexity index is 130. The van der Waals surface area contributed by atoms with Crippen LogP contribution in [0.25, 0.3) is 0 Å². The van der Waals surface area contributed by atoms with Gasteiger partial charge in [0, 0.05) is 26.1 Å². The van der Waals surface area contributed by atoms with E-state index in [-0.39, 0.29) is 6.61 Å². The van der Waals surface area contributed by atoms with Crippen LogP contribution in [0.5, 0.6) is 0 Å². The molecule has 0 aromatic heterocycles. The van der Waals surface area contributed by atoms with Crippen molar-refractivity contribution in [3.8, 4) is 0 Å². The maximum atomic E-state index is 8.61. The standard InChI is InChI=1S/C8H18N2OS/c1-2-10(5-3-7-11)6-4-8(9)12/h11H,2-7H2,1H3,(H2,9,12). The predicted octanol–water partition coefficient (Wildman–Crippen LogP) is 0.367. The Balaban J connectivity index is 3.45. The molecular formula is C8H18N2OS. The van der Waals surface area contributed by atoms with Crippen LogP contribution in [0.15, 0.2) is 0 Å². The van der Waals surface area contributed by atoms with Crippen molar-refractivity contribution < 1.29 is 5.11 Å². The molecule has 4 heteroatoms. The van der Waals surface area contributed by atoms with Gasteiger partial charge in [0.25, 0.3) is 0 Å². The highest BCUT2D eigenvalue weighted by atomic mass is 32.1. The van der Waals surface area contributed by atoms with Gasteiger partial charge in [0.05, 0.1) is 4.99 Å². The number of nitrogens with zero attached hydrogens (tertiary/aromatic N) is 1. The Labute approximate surface area is 79.5 Å². The summed E-state index contributed by atoms with van der Waals surface area (Å²) in [6.45, 7) is 5.17. The monoisotopic (exact) mass is 190 g/mol. The summed E-state index contributed by atoms with van der Waals surface area (Å²) < 4.78 is 0. The number of aliphatic hydroxyl groups excluding tert-OH is 1. The van der Waals surface area contributed by atoms with Crippen LogP contribution in [-0.2, 0) is 0 Å². The molecule has 0 aliphatic heterocycles. The SMILES string of the molecule is CCN(CCCO)CCC(N)=S. The molecular weight excluding hydrogens is 172 g/mol. The van der Waals surface area contributed by atoms with Gasteiger partial charge in [-0.15, -0.1) is 0 Å². The third kappa shape index (κ3) is 6.52. The summed E-state index contributed by atoms with van der Waals surface area (Å²) in [6, 6.07) is 0. The molecule has 72 valence electrons. The minimum Gasteiger partial charge on any atom is -0.396 e. The topological polar surface area (TPSA) is 49.5 Å². The van der Waals surface area contributed by atoms with Crippen molar-refractivity contribution in [1.29, 1.82) is 0 Å². The summed E-state index contributed by atoms with van der Waals surface area (Å²) >= 11 is 4.78. The summed E-state index contributed by atoms with van der Waals surface area (Å²) in [5.41, 5.74) is 5.38. The molecule has 3 N–H and O–H groups in total. The Kier molecular flexibility index (Phi) is 7.34. The van der Waals surface area contributed by atoms with E-state index < -0.39 is 0 Å². The fraction of sp³-hybridized carbons (Fsp3) is 0.875. The molecule has 0 saturated heterocycles. The Morgan fingerprint density at radius 1 is 1.50 bits per heavy atom. The summed E-state index contributed by atoms with van der Waals surface area (Å²) in [5.74, 6) is 0. The number of hydrogen-bond donors (Lipinski definition) is 2. The normalized spacial score (nSPS) is 10.6. The highest BCUT2D eigenvalue weighted by Gasteiger charge is 2.01. The van der Waals surface area contributed by atoms with Crippen molar-refractivity contribution in [2.75, 3.05) is 26.2 Å². The molecule has 0 radical (unpaired) electrons. The lowest BCUT2D eigenvalue weighted by molar-refractivity contribution is 0.233. The minimum absolute atomic E-state index is 0.254. The minimum atomic E-state index is 0.254. The van der Waals surface area contributed by atoms with Crippen molar-refractivity contribution in [1.82, 2.24) is 4.90 Å². The van der Waals surface area contributed by atoms with E-state index in [4.69, 9.17) is 23.1 Å². The fourth-order valence-electron chi connectivity index (χ4n) is 0.991. The molecule has 0 atom stereocenters. The van der Waals surface area contributed by atoms with Gasteiger partial charge in [-0.3, -0.25) is 0 Å². The Morgan fingerprint density at radius 2 is 2.17 bits per heavy atom. The van der Waals surface area contributed by atoms with E-state index >= 15 is 0 Å². The van der Waals surface area contributed by atoms with Crippen LogP contribution in [0, 0.1) is 0 Å². The second kappa shape index (κ2) is 7.46. The quantitative estimate of drug-likeness (QED) is 0.569. The van der Waals surface area contributed by atoms with Crippen molar-refractivity contribution >= 4 is 17.2 Å². The molecule has 0 aliphatic carbocycles. The van der Waals surface area contributed by atoms with E-state index in [1.54, 1.807) is 0 Å². The molecule has 0 rings (SSSR count). The molecule has 0 amide bonds. The van der Waals surface area contributed by atoms with Gasteiger partial charge >= 0.3 is 0 Å². The van der Waals surface area contributed by atoms with E-state index in [2.05, 4.69) is 11.8 Å². The van der Waals surface area contributed by atoms with Crippen molar-refractivity contribution in [2.24, 2.45) is 5.73 Å². The van der Waals surface area contributed by atoms with Crippen molar-refractivity contribution in [2.45, 2.75) is 19.8 Å². The predicted molar refractivity (Wildman–Crippen MR) is 55.2 cm³/mol. The lowest BCUT2D eigenvalue weighted by Gasteiger charge is -2.18. The molecule has 0 unspecified atom stereocenters. The second-order valence-electron chi connectivity index (χ2n) is 2.73. The summed E-state index contributed by atoms with van der Waals surface area (Å²) in [5, 5.41) is 8.61. The van der Waals surface area contributed by atoms with Gasteiger partial charge in [-0.1, -0.05) is 19.1 Å². The van der Waals surface area contributed by atoms with Crippen molar-refractivity contribution in [3.63, 3.8) is 0 Å². The molecule has 0 aliphatic rings. The molecule has 0 aromatic carbocycles. The summed E-state index contributed by atoms with van der Waals surface area (Å²) in [7, 11) is 0. The second-order valence-corrected chi connectivity index (χ2v) is 3.25. The fourth-order valence-corrected chi connectivity index (χ4v) is 1.08. The molecule has 0 spiro atoms. The number of thiocarbonyl (C=S) groups is 1. The molecule has 0 heterocycles. The average Bonchev–Trinajstić information content (AvgIpc) is 2.05. The maximum Gasteiger partial charge on any atom is 0.0740 e. The first kappa shape index (κ1) is 11.8. The van der Waals surface area contributed by atoms with Crippen molar-refractivity contribution in [3.05, 3.63) is 0 Å². The van der Waals surface area contributed by atoms with E-state index in [9.17, 15) is 0 Å². The molecule has 0 aromatic rings. The van der Waals surface area contributed by atoms with Gasteiger partial charge in [-0.2, -0.15) is 0 Å². The van der Waals surface area contributed by atoms with Crippen LogP contribution in [0.2, 0.25) is 0 Å². The number of nitrogens with two attached hydrogens (primary N) is 1. The smallest absolute Gasteiger partial charge is 0.0740 e. The lowest BCUT2D eigenvalue weighted by atomic mass is 10.3. The van der Waals surface area contributed by atoms with E-state index in [0.29, 0.717) is 4.99 Å². The van der Waals surface area contributed by atoms with Gasteiger partial charge in [0.1, 0.15) is 0 Å². The van der Waals surface area contributed by atoms with Crippen LogP contribution in [0.1, 0.15) is 19.8 Å². The zero-order chi connectivity index (χ0) is 9.40. The zero-order valence-electron chi connectivity index (χ0n) is 7.62. The summed E-state index contributed by atoms with van der Waals surface area (Å²) in [6.07, 6.45) is 1.60.